The van der Waals surface area contributed by atoms with Crippen molar-refractivity contribution in [3.05, 3.63) is 12.2 Å². The van der Waals surface area contributed by atoms with E-state index in [2.05, 4.69) is 26.0 Å². The van der Waals surface area contributed by atoms with Gasteiger partial charge in [0.15, 0.2) is 18.7 Å². The van der Waals surface area contributed by atoms with Crippen LogP contribution in [0.1, 0.15) is 181 Å². The number of ether oxygens (including phenoxy) is 6. The van der Waals surface area contributed by atoms with Gasteiger partial charge in [-0.05, 0) is 38.5 Å². The van der Waals surface area contributed by atoms with Crippen LogP contribution in [0.25, 0.3) is 0 Å². The Morgan fingerprint density at radius 2 is 0.919 bits per heavy atom. The summed E-state index contributed by atoms with van der Waals surface area (Å²) in [6.45, 7) is 2.56. The Kier molecular flexibility index (Phi) is 32.3. The van der Waals surface area contributed by atoms with Gasteiger partial charge in [0, 0.05) is 12.8 Å². The van der Waals surface area contributed by atoms with Crippen molar-refractivity contribution in [3.63, 3.8) is 0 Å². The first-order chi connectivity index (χ1) is 30.0. The van der Waals surface area contributed by atoms with Gasteiger partial charge in [-0.2, -0.15) is 0 Å². The molecule has 0 radical (unpaired) electrons. The fraction of sp³-hybridized carbons (Fsp3) is 0.915. The van der Waals surface area contributed by atoms with E-state index >= 15 is 0 Å². The average molecular weight is 891 g/mol. The van der Waals surface area contributed by atoms with Crippen LogP contribution in [0.5, 0.6) is 0 Å². The van der Waals surface area contributed by atoms with Crippen molar-refractivity contribution >= 4 is 11.9 Å². The molecule has 0 spiro atoms. The number of aliphatic hydroxyl groups excluding tert-OH is 7. The molecule has 0 amide bonds. The summed E-state index contributed by atoms with van der Waals surface area (Å²) in [5.41, 5.74) is 0. The minimum Gasteiger partial charge on any atom is -0.462 e. The first kappa shape index (κ1) is 56.4. The molecule has 7 N–H and O–H groups in total. The molecular formula is C47H86O15. The lowest BCUT2D eigenvalue weighted by Crippen LogP contribution is -2.61. The van der Waals surface area contributed by atoms with Gasteiger partial charge in [-0.1, -0.05) is 142 Å². The second kappa shape index (κ2) is 35.5. The molecule has 0 aromatic heterocycles. The van der Waals surface area contributed by atoms with Crippen molar-refractivity contribution in [2.45, 2.75) is 248 Å². The number of carbonyl (C=O) groups is 2. The van der Waals surface area contributed by atoms with Crippen molar-refractivity contribution in [2.75, 3.05) is 26.4 Å². The fourth-order valence-electron chi connectivity index (χ4n) is 7.68. The van der Waals surface area contributed by atoms with Gasteiger partial charge in [0.1, 0.15) is 55.4 Å². The summed E-state index contributed by atoms with van der Waals surface area (Å²) in [7, 11) is 0. The van der Waals surface area contributed by atoms with Gasteiger partial charge in [0.05, 0.1) is 19.8 Å². The average Bonchev–Trinajstić information content (AvgIpc) is 3.26. The normalized spacial score (nSPS) is 27.1. The van der Waals surface area contributed by atoms with E-state index in [0.29, 0.717) is 12.8 Å². The van der Waals surface area contributed by atoms with Crippen LogP contribution < -0.4 is 0 Å². The molecule has 0 aliphatic carbocycles. The maximum Gasteiger partial charge on any atom is 0.306 e. The van der Waals surface area contributed by atoms with E-state index in [-0.39, 0.29) is 26.1 Å². The highest BCUT2D eigenvalue weighted by atomic mass is 16.7. The molecule has 2 heterocycles. The Balaban J connectivity index is 1.81. The molecule has 2 saturated heterocycles. The highest BCUT2D eigenvalue weighted by Gasteiger charge is 2.47. The third kappa shape index (κ3) is 24.0. The molecule has 2 rings (SSSR count). The zero-order valence-corrected chi connectivity index (χ0v) is 38.1. The highest BCUT2D eigenvalue weighted by molar-refractivity contribution is 5.70. The minimum atomic E-state index is -1.76. The van der Waals surface area contributed by atoms with Crippen LogP contribution >= 0.6 is 0 Å². The standard InChI is InChI=1S/C47H86O15/c1-3-5-7-9-11-13-14-15-16-17-18-19-20-22-24-26-28-30-39(50)60-35(32-57-38(49)29-27-25-23-21-12-10-8-6-4-2)33-58-46-45(56)43(54)41(52)37(62-46)34-59-47-44(55)42(53)40(51)36(31-48)61-47/h15-16,35-37,40-48,51-56H,3-14,17-34H2,1-2H3/b16-15+/t35-,36+,37+,40-,41-,42?,43?,44?,45?,46+,47+/m1/s1. The van der Waals surface area contributed by atoms with E-state index in [1.165, 1.54) is 89.9 Å². The number of hydrogen-bond acceptors (Lipinski definition) is 15. The lowest BCUT2D eigenvalue weighted by atomic mass is 9.98. The summed E-state index contributed by atoms with van der Waals surface area (Å²) in [5, 5.41) is 71.9. The van der Waals surface area contributed by atoms with Crippen molar-refractivity contribution < 1.29 is 73.8 Å². The molecule has 2 aliphatic heterocycles. The van der Waals surface area contributed by atoms with E-state index in [9.17, 15) is 45.3 Å². The minimum absolute atomic E-state index is 0.164. The van der Waals surface area contributed by atoms with Gasteiger partial charge >= 0.3 is 11.9 Å². The first-order valence-corrected chi connectivity index (χ1v) is 24.3. The molecule has 2 aliphatic rings. The molecular weight excluding hydrogens is 805 g/mol. The van der Waals surface area contributed by atoms with Crippen LogP contribution in [0, 0.1) is 0 Å². The number of hydrogen-bond donors (Lipinski definition) is 7. The summed E-state index contributed by atoms with van der Waals surface area (Å²) >= 11 is 0. The smallest absolute Gasteiger partial charge is 0.306 e. The van der Waals surface area contributed by atoms with E-state index in [4.69, 9.17) is 28.4 Å². The molecule has 0 bridgehead atoms. The fourth-order valence-corrected chi connectivity index (χ4v) is 7.68. The van der Waals surface area contributed by atoms with Gasteiger partial charge in [0.2, 0.25) is 0 Å². The maximum atomic E-state index is 13.0. The highest BCUT2D eigenvalue weighted by Crippen LogP contribution is 2.26. The van der Waals surface area contributed by atoms with Gasteiger partial charge in [-0.25, -0.2) is 0 Å². The van der Waals surface area contributed by atoms with Crippen molar-refractivity contribution in [1.82, 2.24) is 0 Å². The summed E-state index contributed by atoms with van der Waals surface area (Å²) in [6, 6.07) is 0. The first-order valence-electron chi connectivity index (χ1n) is 24.3. The second-order valence-corrected chi connectivity index (χ2v) is 17.3. The third-order valence-electron chi connectivity index (χ3n) is 11.7. The van der Waals surface area contributed by atoms with Crippen molar-refractivity contribution in [3.8, 4) is 0 Å². The topological polar surface area (TPSA) is 231 Å². The Bertz CT molecular complexity index is 1140. The Morgan fingerprint density at radius 1 is 0.500 bits per heavy atom. The van der Waals surface area contributed by atoms with Crippen LogP contribution in [0.4, 0.5) is 0 Å². The van der Waals surface area contributed by atoms with Gasteiger partial charge in [0.25, 0.3) is 0 Å². The summed E-state index contributed by atoms with van der Waals surface area (Å²) in [6.07, 6.45) is 15.4. The molecule has 0 aromatic rings. The number of allylic oxidation sites excluding steroid dienone is 2. The summed E-state index contributed by atoms with van der Waals surface area (Å²) in [4.78, 5) is 25.6. The molecule has 2 fully saturated rings. The lowest BCUT2D eigenvalue weighted by Gasteiger charge is -2.42. The van der Waals surface area contributed by atoms with Crippen LogP contribution in [0.2, 0.25) is 0 Å². The van der Waals surface area contributed by atoms with Crippen LogP contribution in [0.15, 0.2) is 12.2 Å². The number of aliphatic hydroxyl groups is 7. The molecule has 364 valence electrons. The molecule has 15 heteroatoms. The number of rotatable bonds is 37. The zero-order valence-electron chi connectivity index (χ0n) is 38.1. The monoisotopic (exact) mass is 891 g/mol. The van der Waals surface area contributed by atoms with Crippen LogP contribution in [0.3, 0.4) is 0 Å². The quantitative estimate of drug-likeness (QED) is 0.0221. The Labute approximate surface area is 371 Å². The predicted octanol–water partition coefficient (Wildman–Crippen LogP) is 5.82. The third-order valence-corrected chi connectivity index (χ3v) is 11.7. The number of unbranched alkanes of at least 4 members (excludes halogenated alkanes) is 21. The summed E-state index contributed by atoms with van der Waals surface area (Å²) in [5.74, 6) is -0.927. The molecule has 0 aromatic carbocycles. The van der Waals surface area contributed by atoms with Crippen LogP contribution in [-0.4, -0.2) is 142 Å². The number of carbonyl (C=O) groups excluding carboxylic acids is 2. The van der Waals surface area contributed by atoms with Gasteiger partial charge < -0.3 is 64.2 Å². The Hall–Kier alpha value is -1.76. The van der Waals surface area contributed by atoms with E-state index in [1.54, 1.807) is 0 Å². The summed E-state index contributed by atoms with van der Waals surface area (Å²) < 4.78 is 33.5. The van der Waals surface area contributed by atoms with Crippen molar-refractivity contribution in [1.29, 1.82) is 0 Å². The molecule has 11 atom stereocenters. The lowest BCUT2D eigenvalue weighted by molar-refractivity contribution is -0.332. The van der Waals surface area contributed by atoms with Crippen LogP contribution in [-0.2, 0) is 38.0 Å². The number of esters is 2. The van der Waals surface area contributed by atoms with E-state index in [1.807, 2.05) is 0 Å². The molecule has 15 nitrogen and oxygen atoms in total. The van der Waals surface area contributed by atoms with Crippen molar-refractivity contribution in [2.24, 2.45) is 0 Å². The SMILES string of the molecule is CCCCCCCC/C=C/CCCCCCCCCC(=O)O[C@H](COC(=O)CCCCCCCCCCC)CO[C@H]1O[C@@H](CO[C@H]2O[C@@H](CO)[C@@H](O)C(O)C2O)[C@@H](O)C(O)C1O. The molecule has 62 heavy (non-hydrogen) atoms. The second-order valence-electron chi connectivity index (χ2n) is 17.3. The molecule has 4 unspecified atom stereocenters. The predicted molar refractivity (Wildman–Crippen MR) is 234 cm³/mol. The van der Waals surface area contributed by atoms with Gasteiger partial charge in [-0.15, -0.1) is 0 Å². The molecule has 0 saturated carbocycles. The maximum absolute atomic E-state index is 13.0. The van der Waals surface area contributed by atoms with E-state index in [0.717, 1.165) is 51.4 Å². The van der Waals surface area contributed by atoms with E-state index < -0.39 is 92.7 Å². The zero-order chi connectivity index (χ0) is 45.4. The van der Waals surface area contributed by atoms with Gasteiger partial charge in [-0.3, -0.25) is 9.59 Å². The largest absolute Gasteiger partial charge is 0.462 e. The Morgan fingerprint density at radius 3 is 1.42 bits per heavy atom.